The standard InChI is InChI=1S/C12H19N3OS/c1-3-6-17-8-11-14-10-4-5-16-7-9(10)12(13-2)15-11/h3-8H2,1-2H3,(H,13,14,15). The molecule has 17 heavy (non-hydrogen) atoms. The zero-order valence-corrected chi connectivity index (χ0v) is 11.3. The third-order valence-corrected chi connectivity index (χ3v) is 3.84. The molecule has 0 radical (unpaired) electrons. The second-order valence-corrected chi connectivity index (χ2v) is 5.12. The molecule has 5 heteroatoms. The number of nitrogens with zero attached hydrogens (tertiary/aromatic N) is 2. The fourth-order valence-corrected chi connectivity index (χ4v) is 2.61. The highest BCUT2D eigenvalue weighted by Gasteiger charge is 2.17. The highest BCUT2D eigenvalue weighted by atomic mass is 32.2. The molecule has 0 atom stereocenters. The Kier molecular flexibility index (Phi) is 4.62. The van der Waals surface area contributed by atoms with E-state index in [9.17, 15) is 0 Å². The summed E-state index contributed by atoms with van der Waals surface area (Å²) < 4.78 is 5.45. The molecule has 1 aliphatic heterocycles. The minimum atomic E-state index is 0.633. The number of ether oxygens (including phenoxy) is 1. The zero-order chi connectivity index (χ0) is 12.1. The molecule has 0 unspecified atom stereocenters. The summed E-state index contributed by atoms with van der Waals surface area (Å²) in [6.45, 7) is 3.60. The van der Waals surface area contributed by atoms with Crippen LogP contribution in [0.1, 0.15) is 30.4 Å². The summed E-state index contributed by atoms with van der Waals surface area (Å²) in [6.07, 6.45) is 2.10. The van der Waals surface area contributed by atoms with Gasteiger partial charge in [0.05, 0.1) is 24.7 Å². The number of anilines is 1. The van der Waals surface area contributed by atoms with Gasteiger partial charge >= 0.3 is 0 Å². The summed E-state index contributed by atoms with van der Waals surface area (Å²) in [5.74, 6) is 3.94. The van der Waals surface area contributed by atoms with Crippen molar-refractivity contribution in [2.75, 3.05) is 24.7 Å². The van der Waals surface area contributed by atoms with Gasteiger partial charge in [0.1, 0.15) is 11.6 Å². The fourth-order valence-electron chi connectivity index (χ4n) is 1.86. The third kappa shape index (κ3) is 3.10. The number of hydrogen-bond donors (Lipinski definition) is 1. The van der Waals surface area contributed by atoms with Gasteiger partial charge in [0, 0.05) is 19.0 Å². The summed E-state index contributed by atoms with van der Waals surface area (Å²) >= 11 is 1.89. The van der Waals surface area contributed by atoms with Crippen LogP contribution in [0.2, 0.25) is 0 Å². The molecule has 1 aromatic rings. The molecule has 0 saturated carbocycles. The third-order valence-electron chi connectivity index (χ3n) is 2.69. The summed E-state index contributed by atoms with van der Waals surface area (Å²) in [7, 11) is 1.90. The molecule has 0 aliphatic carbocycles. The lowest BCUT2D eigenvalue weighted by atomic mass is 10.1. The Bertz CT molecular complexity index is 367. The molecular formula is C12H19N3OS. The van der Waals surface area contributed by atoms with Crippen LogP contribution in [0.4, 0.5) is 5.82 Å². The Morgan fingerprint density at radius 2 is 2.29 bits per heavy atom. The molecule has 2 rings (SSSR count). The first-order valence-electron chi connectivity index (χ1n) is 6.07. The number of fused-ring (bicyclic) bond motifs is 1. The van der Waals surface area contributed by atoms with E-state index < -0.39 is 0 Å². The van der Waals surface area contributed by atoms with E-state index in [4.69, 9.17) is 4.74 Å². The Balaban J connectivity index is 2.17. The van der Waals surface area contributed by atoms with Gasteiger partial charge in [0.2, 0.25) is 0 Å². The largest absolute Gasteiger partial charge is 0.376 e. The molecule has 1 aliphatic rings. The van der Waals surface area contributed by atoms with Gasteiger partial charge in [-0.15, -0.1) is 0 Å². The van der Waals surface area contributed by atoms with Gasteiger partial charge in [0.25, 0.3) is 0 Å². The monoisotopic (exact) mass is 253 g/mol. The Morgan fingerprint density at radius 1 is 1.41 bits per heavy atom. The Labute approximate surface area is 107 Å². The summed E-state index contributed by atoms with van der Waals surface area (Å²) in [4.78, 5) is 9.20. The lowest BCUT2D eigenvalue weighted by Gasteiger charge is -2.19. The van der Waals surface area contributed by atoms with Gasteiger partial charge in [0.15, 0.2) is 0 Å². The maximum atomic E-state index is 5.45. The maximum Gasteiger partial charge on any atom is 0.140 e. The van der Waals surface area contributed by atoms with Gasteiger partial charge < -0.3 is 10.1 Å². The minimum Gasteiger partial charge on any atom is -0.376 e. The van der Waals surface area contributed by atoms with Crippen LogP contribution < -0.4 is 5.32 Å². The smallest absolute Gasteiger partial charge is 0.140 e. The van der Waals surface area contributed by atoms with Crippen molar-refractivity contribution in [3.8, 4) is 0 Å². The number of hydrogen-bond acceptors (Lipinski definition) is 5. The Hall–Kier alpha value is -0.810. The van der Waals surface area contributed by atoms with E-state index in [0.29, 0.717) is 6.61 Å². The van der Waals surface area contributed by atoms with Crippen LogP contribution in [0, 0.1) is 0 Å². The van der Waals surface area contributed by atoms with Gasteiger partial charge in [-0.25, -0.2) is 9.97 Å². The number of aromatic nitrogens is 2. The first-order valence-corrected chi connectivity index (χ1v) is 7.22. The fraction of sp³-hybridized carbons (Fsp3) is 0.667. The SMILES string of the molecule is CCCSCc1nc2c(c(NC)n1)COCC2. The molecule has 0 saturated heterocycles. The van der Waals surface area contributed by atoms with Crippen molar-refractivity contribution >= 4 is 17.6 Å². The van der Waals surface area contributed by atoms with E-state index in [2.05, 4.69) is 22.2 Å². The van der Waals surface area contributed by atoms with Crippen LogP contribution in [0.5, 0.6) is 0 Å². The van der Waals surface area contributed by atoms with Crippen molar-refractivity contribution in [3.63, 3.8) is 0 Å². The first kappa shape index (κ1) is 12.6. The number of thioether (sulfide) groups is 1. The van der Waals surface area contributed by atoms with E-state index in [1.54, 1.807) is 0 Å². The van der Waals surface area contributed by atoms with Crippen LogP contribution in [0.3, 0.4) is 0 Å². The van der Waals surface area contributed by atoms with Gasteiger partial charge in [-0.05, 0) is 12.2 Å². The van der Waals surface area contributed by atoms with E-state index in [1.807, 2.05) is 18.8 Å². The van der Waals surface area contributed by atoms with E-state index >= 15 is 0 Å². The van der Waals surface area contributed by atoms with Crippen molar-refractivity contribution in [3.05, 3.63) is 17.1 Å². The first-order chi connectivity index (χ1) is 8.35. The van der Waals surface area contributed by atoms with Gasteiger partial charge in [-0.3, -0.25) is 0 Å². The summed E-state index contributed by atoms with van der Waals surface area (Å²) in [6, 6.07) is 0. The van der Waals surface area contributed by atoms with Crippen molar-refractivity contribution < 1.29 is 4.74 Å². The zero-order valence-electron chi connectivity index (χ0n) is 10.5. The lowest BCUT2D eigenvalue weighted by Crippen LogP contribution is -2.16. The molecule has 0 amide bonds. The molecule has 1 N–H and O–H groups in total. The molecule has 4 nitrogen and oxygen atoms in total. The average Bonchev–Trinajstić information content (AvgIpc) is 2.38. The van der Waals surface area contributed by atoms with E-state index in [1.165, 1.54) is 12.2 Å². The summed E-state index contributed by atoms with van der Waals surface area (Å²) in [5, 5.41) is 3.15. The topological polar surface area (TPSA) is 47.0 Å². The number of rotatable bonds is 5. The van der Waals surface area contributed by atoms with Crippen LogP contribution >= 0.6 is 11.8 Å². The van der Waals surface area contributed by atoms with Crippen molar-refractivity contribution in [2.45, 2.75) is 32.1 Å². The molecule has 94 valence electrons. The maximum absolute atomic E-state index is 5.45. The van der Waals surface area contributed by atoms with Crippen molar-refractivity contribution in [1.29, 1.82) is 0 Å². The highest BCUT2D eigenvalue weighted by Crippen LogP contribution is 2.23. The predicted octanol–water partition coefficient (Wildman–Crippen LogP) is 2.23. The van der Waals surface area contributed by atoms with E-state index in [-0.39, 0.29) is 0 Å². The summed E-state index contributed by atoms with van der Waals surface area (Å²) in [5.41, 5.74) is 2.28. The molecule has 2 heterocycles. The van der Waals surface area contributed by atoms with Crippen molar-refractivity contribution in [1.82, 2.24) is 9.97 Å². The van der Waals surface area contributed by atoms with Crippen LogP contribution in [-0.2, 0) is 23.5 Å². The number of nitrogens with one attached hydrogen (secondary N) is 1. The minimum absolute atomic E-state index is 0.633. The van der Waals surface area contributed by atoms with Crippen LogP contribution in [0.25, 0.3) is 0 Å². The molecular weight excluding hydrogens is 234 g/mol. The van der Waals surface area contributed by atoms with Gasteiger partial charge in [-0.2, -0.15) is 11.8 Å². The average molecular weight is 253 g/mol. The van der Waals surface area contributed by atoms with Crippen LogP contribution in [-0.4, -0.2) is 29.4 Å². The molecule has 0 spiro atoms. The molecule has 0 bridgehead atoms. The van der Waals surface area contributed by atoms with Gasteiger partial charge in [-0.1, -0.05) is 6.92 Å². The molecule has 1 aromatic heterocycles. The second kappa shape index (κ2) is 6.21. The highest BCUT2D eigenvalue weighted by molar-refractivity contribution is 7.98. The quantitative estimate of drug-likeness (QED) is 0.815. The second-order valence-electron chi connectivity index (χ2n) is 4.02. The lowest BCUT2D eigenvalue weighted by molar-refractivity contribution is 0.109. The van der Waals surface area contributed by atoms with Crippen LogP contribution in [0.15, 0.2) is 0 Å². The predicted molar refractivity (Wildman–Crippen MR) is 71.4 cm³/mol. The van der Waals surface area contributed by atoms with Crippen molar-refractivity contribution in [2.24, 2.45) is 0 Å². The molecule has 0 fully saturated rings. The Morgan fingerprint density at radius 3 is 3.06 bits per heavy atom. The van der Waals surface area contributed by atoms with E-state index in [0.717, 1.165) is 41.7 Å². The normalized spacial score (nSPS) is 14.5. The molecule has 0 aromatic carbocycles.